The molecule has 0 fully saturated rings. The van der Waals surface area contributed by atoms with Gasteiger partial charge in [0.1, 0.15) is 0 Å². The van der Waals surface area contributed by atoms with Crippen molar-refractivity contribution in [2.75, 3.05) is 0 Å². The van der Waals surface area contributed by atoms with E-state index in [1.54, 1.807) is 18.2 Å². The molecule has 0 spiro atoms. The molecule has 0 saturated heterocycles. The molecule has 5 nitrogen and oxygen atoms in total. The van der Waals surface area contributed by atoms with E-state index in [0.717, 1.165) is 21.9 Å². The van der Waals surface area contributed by atoms with Gasteiger partial charge >= 0.3 is 6.03 Å². The van der Waals surface area contributed by atoms with Crippen LogP contribution in [0.4, 0.5) is 4.79 Å². The summed E-state index contributed by atoms with van der Waals surface area (Å²) < 4.78 is 0. The lowest BCUT2D eigenvalue weighted by atomic mass is 9.93. The van der Waals surface area contributed by atoms with Crippen LogP contribution < -0.4 is 16.4 Å². The number of urea groups is 1. The van der Waals surface area contributed by atoms with Crippen LogP contribution >= 0.6 is 0 Å². The van der Waals surface area contributed by atoms with Gasteiger partial charge in [-0.2, -0.15) is 9.98 Å². The molecule has 1 aliphatic heterocycles. The number of benzene rings is 3. The van der Waals surface area contributed by atoms with Crippen molar-refractivity contribution in [3.63, 3.8) is 0 Å². The third-order valence-corrected chi connectivity index (χ3v) is 3.89. The zero-order chi connectivity index (χ0) is 16.0. The van der Waals surface area contributed by atoms with Gasteiger partial charge in [-0.1, -0.05) is 36.4 Å². The first-order valence-electron chi connectivity index (χ1n) is 7.07. The number of amides is 3. The van der Waals surface area contributed by atoms with Gasteiger partial charge in [0.2, 0.25) is 5.91 Å². The molecule has 0 unspecified atom stereocenters. The van der Waals surface area contributed by atoms with E-state index in [1.807, 2.05) is 36.4 Å². The van der Waals surface area contributed by atoms with E-state index in [0.29, 0.717) is 16.3 Å². The molecule has 23 heavy (non-hydrogen) atoms. The Kier molecular flexibility index (Phi) is 2.81. The van der Waals surface area contributed by atoms with Crippen molar-refractivity contribution in [2.45, 2.75) is 0 Å². The largest absolute Gasteiger partial charge is 0.368 e. The highest BCUT2D eigenvalue weighted by Crippen LogP contribution is 2.31. The molecule has 0 bridgehead atoms. The summed E-state index contributed by atoms with van der Waals surface area (Å²) in [5, 5.41) is 2.98. The molecular weight excluding hydrogens is 290 g/mol. The van der Waals surface area contributed by atoms with Crippen LogP contribution in [0.15, 0.2) is 64.6 Å². The Hall–Kier alpha value is -3.34. The summed E-state index contributed by atoms with van der Waals surface area (Å²) >= 11 is 0. The van der Waals surface area contributed by atoms with Gasteiger partial charge in [-0.05, 0) is 34.5 Å². The van der Waals surface area contributed by atoms with Crippen LogP contribution in [0.1, 0.15) is 10.4 Å². The summed E-state index contributed by atoms with van der Waals surface area (Å²) in [5.41, 5.74) is 7.50. The van der Waals surface area contributed by atoms with Gasteiger partial charge in [0.25, 0.3) is 0 Å². The lowest BCUT2D eigenvalue weighted by Crippen LogP contribution is -2.21. The van der Waals surface area contributed by atoms with Gasteiger partial charge < -0.3 is 5.73 Å². The zero-order valence-electron chi connectivity index (χ0n) is 12.0. The van der Waals surface area contributed by atoms with E-state index >= 15 is 0 Å². The van der Waals surface area contributed by atoms with Crippen molar-refractivity contribution in [2.24, 2.45) is 15.7 Å². The van der Waals surface area contributed by atoms with Crippen LogP contribution in [0, 0.1) is 0 Å². The van der Waals surface area contributed by atoms with E-state index in [1.165, 1.54) is 0 Å². The van der Waals surface area contributed by atoms with E-state index in [4.69, 9.17) is 5.73 Å². The zero-order valence-corrected chi connectivity index (χ0v) is 12.0. The van der Waals surface area contributed by atoms with Crippen LogP contribution in [0.25, 0.3) is 21.9 Å². The minimum Gasteiger partial charge on any atom is -0.366 e. The van der Waals surface area contributed by atoms with Crippen molar-refractivity contribution in [1.29, 1.82) is 0 Å². The molecule has 3 amide bonds. The molecule has 3 aromatic rings. The van der Waals surface area contributed by atoms with Crippen molar-refractivity contribution in [3.05, 3.63) is 70.9 Å². The molecule has 5 heteroatoms. The number of carbonyl (C=O) groups excluding carboxylic acids is 2. The van der Waals surface area contributed by atoms with E-state index in [-0.39, 0.29) is 0 Å². The fourth-order valence-corrected chi connectivity index (χ4v) is 2.88. The minimum absolute atomic E-state index is 0.435. The number of hydrogen-bond acceptors (Lipinski definition) is 2. The van der Waals surface area contributed by atoms with Crippen LogP contribution in [0.3, 0.4) is 0 Å². The van der Waals surface area contributed by atoms with E-state index in [9.17, 15) is 9.59 Å². The van der Waals surface area contributed by atoms with Crippen molar-refractivity contribution >= 4 is 22.7 Å². The highest BCUT2D eigenvalue weighted by atomic mass is 16.2. The summed E-state index contributed by atoms with van der Waals surface area (Å²) in [5.74, 6) is -0.496. The van der Waals surface area contributed by atoms with Gasteiger partial charge in [0.05, 0.1) is 10.7 Å². The summed E-state index contributed by atoms with van der Waals surface area (Å²) in [6, 6.07) is 16.2. The highest BCUT2D eigenvalue weighted by Gasteiger charge is 2.15. The quantitative estimate of drug-likeness (QED) is 0.784. The lowest BCUT2D eigenvalue weighted by molar-refractivity contribution is 0.100. The molecule has 1 heterocycles. The average Bonchev–Trinajstić information content (AvgIpc) is 2.92. The molecule has 0 saturated carbocycles. The van der Waals surface area contributed by atoms with Gasteiger partial charge in [0, 0.05) is 11.1 Å². The monoisotopic (exact) mass is 301 g/mol. The molecule has 0 radical (unpaired) electrons. The molecule has 3 aromatic carbocycles. The Morgan fingerprint density at radius 1 is 0.913 bits per heavy atom. The van der Waals surface area contributed by atoms with Crippen LogP contribution in [0.5, 0.6) is 0 Å². The van der Waals surface area contributed by atoms with Crippen molar-refractivity contribution in [3.8, 4) is 11.1 Å². The smallest absolute Gasteiger partial charge is 0.366 e. The second kappa shape index (κ2) is 4.84. The number of fused-ring (bicyclic) bond motifs is 2. The van der Waals surface area contributed by atoms with Gasteiger partial charge in [0.15, 0.2) is 0 Å². The Balaban J connectivity index is 2.10. The molecule has 2 N–H and O–H groups in total. The molecule has 1 aliphatic rings. The molecule has 0 aromatic heterocycles. The van der Waals surface area contributed by atoms with Crippen molar-refractivity contribution < 1.29 is 9.59 Å². The van der Waals surface area contributed by atoms with Gasteiger partial charge in [-0.15, -0.1) is 0 Å². The highest BCUT2D eigenvalue weighted by molar-refractivity contribution is 6.09. The normalized spacial score (nSPS) is 12.6. The molecule has 0 aliphatic carbocycles. The molecule has 4 rings (SSSR count). The molecule has 110 valence electrons. The Labute approximate surface area is 130 Å². The SMILES string of the molecule is NC(=O)c1ccc2ccccc2c1-c1ccc2c(c1)=NC(=O)N=2. The summed E-state index contributed by atoms with van der Waals surface area (Å²) in [6.07, 6.45) is 0. The van der Waals surface area contributed by atoms with Crippen LogP contribution in [0.2, 0.25) is 0 Å². The fourth-order valence-electron chi connectivity index (χ4n) is 2.88. The first-order valence-corrected chi connectivity index (χ1v) is 7.07. The summed E-state index contributed by atoms with van der Waals surface area (Å²) in [4.78, 5) is 30.9. The lowest BCUT2D eigenvalue weighted by Gasteiger charge is -2.11. The maximum Gasteiger partial charge on any atom is 0.368 e. The third kappa shape index (κ3) is 2.10. The average molecular weight is 301 g/mol. The van der Waals surface area contributed by atoms with E-state index in [2.05, 4.69) is 9.98 Å². The maximum absolute atomic E-state index is 11.9. The van der Waals surface area contributed by atoms with Gasteiger partial charge in [-0.3, -0.25) is 4.79 Å². The number of hydrogen-bond donors (Lipinski definition) is 1. The van der Waals surface area contributed by atoms with Crippen LogP contribution in [-0.2, 0) is 0 Å². The van der Waals surface area contributed by atoms with Crippen LogP contribution in [-0.4, -0.2) is 11.9 Å². The Bertz CT molecular complexity index is 1120. The Morgan fingerprint density at radius 3 is 2.52 bits per heavy atom. The maximum atomic E-state index is 11.9. The summed E-state index contributed by atoms with van der Waals surface area (Å²) in [6.45, 7) is 0. The number of nitrogens with two attached hydrogens (primary N) is 1. The predicted molar refractivity (Wildman–Crippen MR) is 85.6 cm³/mol. The first-order chi connectivity index (χ1) is 11.1. The number of rotatable bonds is 2. The number of nitrogens with zero attached hydrogens (tertiary/aromatic N) is 2. The molecular formula is C18H11N3O2. The van der Waals surface area contributed by atoms with Crippen molar-refractivity contribution in [1.82, 2.24) is 0 Å². The van der Waals surface area contributed by atoms with Gasteiger partial charge in [-0.25, -0.2) is 4.79 Å². The third-order valence-electron chi connectivity index (χ3n) is 3.89. The topological polar surface area (TPSA) is 84.9 Å². The van der Waals surface area contributed by atoms with E-state index < -0.39 is 11.9 Å². The minimum atomic E-state index is -0.509. The Morgan fingerprint density at radius 2 is 1.70 bits per heavy atom. The fraction of sp³-hybridized carbons (Fsp3) is 0. The first kappa shape index (κ1) is 13.3. The second-order valence-electron chi connectivity index (χ2n) is 5.28. The predicted octanol–water partition coefficient (Wildman–Crippen LogP) is 1.98. The molecule has 0 atom stereocenters. The number of primary amides is 1. The summed E-state index contributed by atoms with van der Waals surface area (Å²) in [7, 11) is 0. The second-order valence-corrected chi connectivity index (χ2v) is 5.28. The standard InChI is InChI=1S/C18H11N3O2/c19-17(22)13-7-5-10-3-1-2-4-12(10)16(13)11-6-8-14-15(9-11)21-18(23)20-14/h1-9H,(H2,19,22). The number of carbonyl (C=O) groups is 2.